The van der Waals surface area contributed by atoms with E-state index in [0.717, 1.165) is 17.9 Å². The summed E-state index contributed by atoms with van der Waals surface area (Å²) in [6.07, 6.45) is 3.45. The highest BCUT2D eigenvalue weighted by Crippen LogP contribution is 2.35. The molecule has 0 aromatic heterocycles. The van der Waals surface area contributed by atoms with E-state index in [-0.39, 0.29) is 11.9 Å². The van der Waals surface area contributed by atoms with Crippen LogP contribution >= 0.6 is 0 Å². The molecule has 2 atom stereocenters. The molecule has 1 heterocycles. The second kappa shape index (κ2) is 6.08. The zero-order valence-corrected chi connectivity index (χ0v) is 11.4. The third-order valence-electron chi connectivity index (χ3n) is 3.80. The molecule has 2 fully saturated rings. The lowest BCUT2D eigenvalue weighted by atomic mass is 10.1. The van der Waals surface area contributed by atoms with Gasteiger partial charge in [-0.05, 0) is 37.3 Å². The first kappa shape index (κ1) is 13.2. The van der Waals surface area contributed by atoms with Gasteiger partial charge in [0.1, 0.15) is 6.04 Å². The molecule has 1 aromatic rings. The Kier molecular flexibility index (Phi) is 4.00. The summed E-state index contributed by atoms with van der Waals surface area (Å²) in [4.78, 5) is 12.0. The molecule has 1 saturated carbocycles. The largest absolute Gasteiger partial charge is 0.344 e. The molecule has 2 aliphatic rings. The molecule has 1 saturated heterocycles. The standard InChI is InChI=1S/C16H19N3O/c20-16(15-11-14(18-19-15)13-8-9-13)17-10-4-7-12-5-2-1-3-6-12/h1-3,5-6,13-15,18-19H,8-11H2,(H,17,20). The monoisotopic (exact) mass is 269 g/mol. The smallest absolute Gasteiger partial charge is 0.239 e. The van der Waals surface area contributed by atoms with Crippen LogP contribution in [0.4, 0.5) is 0 Å². The summed E-state index contributed by atoms with van der Waals surface area (Å²) >= 11 is 0. The number of hydrazine groups is 1. The fourth-order valence-corrected chi connectivity index (χ4v) is 2.48. The summed E-state index contributed by atoms with van der Waals surface area (Å²) in [5, 5.41) is 2.86. The summed E-state index contributed by atoms with van der Waals surface area (Å²) in [7, 11) is 0. The average molecular weight is 269 g/mol. The molecule has 0 spiro atoms. The first-order chi connectivity index (χ1) is 9.83. The Bertz CT molecular complexity index is 528. The zero-order chi connectivity index (χ0) is 13.8. The van der Waals surface area contributed by atoms with Crippen LogP contribution < -0.4 is 16.2 Å². The number of rotatable bonds is 3. The van der Waals surface area contributed by atoms with Gasteiger partial charge in [-0.25, -0.2) is 5.43 Å². The van der Waals surface area contributed by atoms with E-state index in [4.69, 9.17) is 0 Å². The van der Waals surface area contributed by atoms with Gasteiger partial charge >= 0.3 is 0 Å². The summed E-state index contributed by atoms with van der Waals surface area (Å²) in [6.45, 7) is 0.389. The quantitative estimate of drug-likeness (QED) is 0.712. The van der Waals surface area contributed by atoms with E-state index in [1.54, 1.807) is 0 Å². The number of hydrogen-bond donors (Lipinski definition) is 3. The van der Waals surface area contributed by atoms with Crippen molar-refractivity contribution < 1.29 is 4.79 Å². The second-order valence-corrected chi connectivity index (χ2v) is 5.41. The Morgan fingerprint density at radius 3 is 2.80 bits per heavy atom. The topological polar surface area (TPSA) is 53.2 Å². The predicted molar refractivity (Wildman–Crippen MR) is 77.5 cm³/mol. The molecule has 0 radical (unpaired) electrons. The predicted octanol–water partition coefficient (Wildman–Crippen LogP) is 0.799. The number of carbonyl (C=O) groups excluding carboxylic acids is 1. The van der Waals surface area contributed by atoms with Crippen molar-refractivity contribution in [3.63, 3.8) is 0 Å². The van der Waals surface area contributed by atoms with Crippen molar-refractivity contribution in [2.24, 2.45) is 5.92 Å². The molecular weight excluding hydrogens is 250 g/mol. The van der Waals surface area contributed by atoms with Crippen molar-refractivity contribution in [1.29, 1.82) is 0 Å². The highest BCUT2D eigenvalue weighted by atomic mass is 16.2. The van der Waals surface area contributed by atoms with E-state index < -0.39 is 0 Å². The molecule has 1 aromatic carbocycles. The fraction of sp³-hybridized carbons (Fsp3) is 0.438. The normalized spacial score (nSPS) is 24.8. The van der Waals surface area contributed by atoms with Crippen LogP contribution in [0.1, 0.15) is 24.8 Å². The van der Waals surface area contributed by atoms with E-state index in [1.807, 2.05) is 30.3 Å². The summed E-state index contributed by atoms with van der Waals surface area (Å²) in [5.41, 5.74) is 7.26. The van der Waals surface area contributed by atoms with Crippen molar-refractivity contribution in [2.45, 2.75) is 31.3 Å². The molecule has 0 bridgehead atoms. The maximum atomic E-state index is 12.0. The maximum absolute atomic E-state index is 12.0. The Morgan fingerprint density at radius 2 is 2.05 bits per heavy atom. The van der Waals surface area contributed by atoms with Gasteiger partial charge in [0.15, 0.2) is 0 Å². The van der Waals surface area contributed by atoms with Gasteiger partial charge in [0.2, 0.25) is 5.91 Å². The minimum atomic E-state index is -0.126. The molecule has 3 N–H and O–H groups in total. The van der Waals surface area contributed by atoms with Crippen molar-refractivity contribution in [3.05, 3.63) is 35.9 Å². The van der Waals surface area contributed by atoms with E-state index >= 15 is 0 Å². The average Bonchev–Trinajstić information content (AvgIpc) is 3.22. The van der Waals surface area contributed by atoms with Gasteiger partial charge in [0, 0.05) is 11.6 Å². The third-order valence-corrected chi connectivity index (χ3v) is 3.80. The van der Waals surface area contributed by atoms with E-state index in [1.165, 1.54) is 12.8 Å². The molecule has 4 heteroatoms. The zero-order valence-electron chi connectivity index (χ0n) is 11.4. The van der Waals surface area contributed by atoms with Gasteiger partial charge in [-0.15, -0.1) is 0 Å². The molecule has 104 valence electrons. The van der Waals surface area contributed by atoms with Crippen LogP contribution in [0.2, 0.25) is 0 Å². The minimum absolute atomic E-state index is 0.0306. The number of carbonyl (C=O) groups is 1. The van der Waals surface area contributed by atoms with Crippen molar-refractivity contribution >= 4 is 5.91 Å². The minimum Gasteiger partial charge on any atom is -0.344 e. The summed E-state index contributed by atoms with van der Waals surface area (Å²) < 4.78 is 0. The van der Waals surface area contributed by atoms with Crippen LogP contribution in [0.25, 0.3) is 0 Å². The van der Waals surface area contributed by atoms with Crippen LogP contribution in [0.3, 0.4) is 0 Å². The lowest BCUT2D eigenvalue weighted by Crippen LogP contribution is -2.43. The van der Waals surface area contributed by atoms with Crippen molar-refractivity contribution in [3.8, 4) is 11.8 Å². The lowest BCUT2D eigenvalue weighted by Gasteiger charge is -2.08. The molecule has 1 aliphatic carbocycles. The Labute approximate surface area is 119 Å². The molecule has 1 amide bonds. The van der Waals surface area contributed by atoms with E-state index in [0.29, 0.717) is 12.6 Å². The molecule has 3 rings (SSSR count). The lowest BCUT2D eigenvalue weighted by molar-refractivity contribution is -0.122. The first-order valence-electron chi connectivity index (χ1n) is 7.15. The SMILES string of the molecule is O=C(NCC#Cc1ccccc1)C1CC(C2CC2)NN1. The highest BCUT2D eigenvalue weighted by molar-refractivity contribution is 5.82. The van der Waals surface area contributed by atoms with Crippen LogP contribution in [-0.2, 0) is 4.79 Å². The van der Waals surface area contributed by atoms with Crippen LogP contribution in [-0.4, -0.2) is 24.5 Å². The third kappa shape index (κ3) is 3.38. The molecule has 20 heavy (non-hydrogen) atoms. The number of hydrogen-bond acceptors (Lipinski definition) is 3. The van der Waals surface area contributed by atoms with E-state index in [9.17, 15) is 4.79 Å². The molecule has 1 aliphatic heterocycles. The van der Waals surface area contributed by atoms with Gasteiger partial charge in [-0.3, -0.25) is 10.2 Å². The molecule has 2 unspecified atom stereocenters. The van der Waals surface area contributed by atoms with Crippen molar-refractivity contribution in [2.75, 3.05) is 6.54 Å². The number of amides is 1. The molecule has 4 nitrogen and oxygen atoms in total. The van der Waals surface area contributed by atoms with Crippen LogP contribution in [0, 0.1) is 17.8 Å². The van der Waals surface area contributed by atoms with Crippen LogP contribution in [0.15, 0.2) is 30.3 Å². The van der Waals surface area contributed by atoms with E-state index in [2.05, 4.69) is 28.0 Å². The second-order valence-electron chi connectivity index (χ2n) is 5.41. The number of benzene rings is 1. The first-order valence-corrected chi connectivity index (χ1v) is 7.15. The fourth-order valence-electron chi connectivity index (χ4n) is 2.48. The summed E-state index contributed by atoms with van der Waals surface area (Å²) in [5.74, 6) is 6.79. The van der Waals surface area contributed by atoms with Crippen LogP contribution in [0.5, 0.6) is 0 Å². The summed E-state index contributed by atoms with van der Waals surface area (Å²) in [6, 6.07) is 10.1. The van der Waals surface area contributed by atoms with Gasteiger partial charge in [0.25, 0.3) is 0 Å². The highest BCUT2D eigenvalue weighted by Gasteiger charge is 2.38. The van der Waals surface area contributed by atoms with Gasteiger partial charge in [-0.1, -0.05) is 30.0 Å². The van der Waals surface area contributed by atoms with Gasteiger partial charge in [-0.2, -0.15) is 0 Å². The Hall–Kier alpha value is -1.83. The molecular formula is C16H19N3O. The maximum Gasteiger partial charge on any atom is 0.239 e. The Morgan fingerprint density at radius 1 is 1.25 bits per heavy atom. The van der Waals surface area contributed by atoms with Crippen molar-refractivity contribution in [1.82, 2.24) is 16.2 Å². The Balaban J connectivity index is 1.42. The van der Waals surface area contributed by atoms with Gasteiger partial charge in [0.05, 0.1) is 6.54 Å². The number of nitrogens with one attached hydrogen (secondary N) is 3. The van der Waals surface area contributed by atoms with Gasteiger partial charge < -0.3 is 5.32 Å².